The van der Waals surface area contributed by atoms with Gasteiger partial charge in [-0.2, -0.15) is 0 Å². The normalized spacial score (nSPS) is 32.1. The first-order chi connectivity index (χ1) is 12.1. The summed E-state index contributed by atoms with van der Waals surface area (Å²) in [5.74, 6) is -0.424. The number of hydrogen-bond donors (Lipinski definition) is 0. The summed E-state index contributed by atoms with van der Waals surface area (Å²) in [5, 5.41) is 0. The molecule has 0 aromatic heterocycles. The lowest BCUT2D eigenvalue weighted by Gasteiger charge is -2.34. The Balaban J connectivity index is 1.58. The van der Waals surface area contributed by atoms with Gasteiger partial charge in [-0.05, 0) is 76.5 Å². The Labute approximate surface area is 152 Å². The molecule has 3 rings (SSSR count). The van der Waals surface area contributed by atoms with Gasteiger partial charge in [0.05, 0.1) is 11.8 Å². The van der Waals surface area contributed by atoms with E-state index in [9.17, 15) is 9.59 Å². The minimum absolute atomic E-state index is 0.0634. The number of carbonyl (C=O) groups excluding carboxylic acids is 2. The van der Waals surface area contributed by atoms with Crippen molar-refractivity contribution in [2.75, 3.05) is 0 Å². The van der Waals surface area contributed by atoms with Gasteiger partial charge in [-0.1, -0.05) is 19.8 Å². The van der Waals surface area contributed by atoms with Crippen molar-refractivity contribution in [3.05, 3.63) is 0 Å². The summed E-state index contributed by atoms with van der Waals surface area (Å²) >= 11 is 0. The molecule has 142 valence electrons. The van der Waals surface area contributed by atoms with Crippen LogP contribution >= 0.6 is 0 Å². The van der Waals surface area contributed by atoms with Crippen LogP contribution in [0, 0.1) is 17.8 Å². The molecule has 0 saturated heterocycles. The first-order valence-electron chi connectivity index (χ1n) is 10.5. The quantitative estimate of drug-likeness (QED) is 0.684. The maximum Gasteiger partial charge on any atom is 0.310 e. The van der Waals surface area contributed by atoms with Gasteiger partial charge in [0.1, 0.15) is 12.2 Å². The second-order valence-corrected chi connectivity index (χ2v) is 8.53. The largest absolute Gasteiger partial charge is 0.462 e. The zero-order valence-corrected chi connectivity index (χ0v) is 15.7. The van der Waals surface area contributed by atoms with E-state index in [1.807, 2.05) is 0 Å². The first kappa shape index (κ1) is 18.7. The summed E-state index contributed by atoms with van der Waals surface area (Å²) in [5.41, 5.74) is 0. The van der Waals surface area contributed by atoms with E-state index in [1.54, 1.807) is 0 Å². The van der Waals surface area contributed by atoms with E-state index in [1.165, 1.54) is 12.8 Å². The van der Waals surface area contributed by atoms with Crippen molar-refractivity contribution < 1.29 is 19.1 Å². The standard InChI is InChI=1S/C21H34O4/c1-15-12-13-18(20(22)24-16-8-4-2-5-9-16)19(14-15)21(23)25-17-10-6-3-7-11-17/h15-19H,2-14H2,1H3. The van der Waals surface area contributed by atoms with Gasteiger partial charge in [-0.25, -0.2) is 0 Å². The summed E-state index contributed by atoms with van der Waals surface area (Å²) in [7, 11) is 0. The molecule has 3 aliphatic rings. The van der Waals surface area contributed by atoms with Crippen molar-refractivity contribution in [3.8, 4) is 0 Å². The van der Waals surface area contributed by atoms with E-state index >= 15 is 0 Å². The predicted molar refractivity (Wildman–Crippen MR) is 95.9 cm³/mol. The molecule has 0 aromatic carbocycles. The Morgan fingerprint density at radius 1 is 0.640 bits per heavy atom. The van der Waals surface area contributed by atoms with E-state index in [4.69, 9.17) is 9.47 Å². The molecule has 3 aliphatic carbocycles. The third-order valence-corrected chi connectivity index (χ3v) is 6.39. The zero-order chi connectivity index (χ0) is 17.6. The smallest absolute Gasteiger partial charge is 0.310 e. The first-order valence-corrected chi connectivity index (χ1v) is 10.5. The Bertz CT molecular complexity index is 449. The summed E-state index contributed by atoms with van der Waals surface area (Å²) in [4.78, 5) is 25.5. The fraction of sp³-hybridized carbons (Fsp3) is 0.905. The van der Waals surface area contributed by atoms with Gasteiger partial charge < -0.3 is 9.47 Å². The summed E-state index contributed by atoms with van der Waals surface area (Å²) in [6, 6.07) is 0. The van der Waals surface area contributed by atoms with Crippen molar-refractivity contribution in [2.24, 2.45) is 17.8 Å². The summed E-state index contributed by atoms with van der Waals surface area (Å²) in [6.45, 7) is 2.17. The van der Waals surface area contributed by atoms with Crippen molar-refractivity contribution in [1.29, 1.82) is 0 Å². The average molecular weight is 350 g/mol. The van der Waals surface area contributed by atoms with Crippen LogP contribution in [0.3, 0.4) is 0 Å². The van der Waals surface area contributed by atoms with Crippen molar-refractivity contribution in [1.82, 2.24) is 0 Å². The highest BCUT2D eigenvalue weighted by Crippen LogP contribution is 2.37. The van der Waals surface area contributed by atoms with Crippen molar-refractivity contribution in [2.45, 2.75) is 103 Å². The molecule has 25 heavy (non-hydrogen) atoms. The summed E-state index contributed by atoms with van der Waals surface area (Å²) in [6.07, 6.45) is 13.6. The molecule has 0 spiro atoms. The van der Waals surface area contributed by atoms with Gasteiger partial charge in [-0.15, -0.1) is 0 Å². The molecule has 4 heteroatoms. The van der Waals surface area contributed by atoms with Gasteiger partial charge >= 0.3 is 11.9 Å². The Kier molecular flexibility index (Phi) is 6.77. The van der Waals surface area contributed by atoms with Gasteiger partial charge in [0.15, 0.2) is 0 Å². The fourth-order valence-corrected chi connectivity index (χ4v) is 4.79. The van der Waals surface area contributed by atoms with Gasteiger partial charge in [-0.3, -0.25) is 9.59 Å². The highest BCUT2D eigenvalue weighted by molar-refractivity contribution is 5.82. The van der Waals surface area contributed by atoms with Crippen LogP contribution in [0.4, 0.5) is 0 Å². The van der Waals surface area contributed by atoms with E-state index in [-0.39, 0.29) is 36.0 Å². The number of esters is 2. The minimum atomic E-state index is -0.304. The van der Waals surface area contributed by atoms with Gasteiger partial charge in [0, 0.05) is 0 Å². The molecule has 3 unspecified atom stereocenters. The maximum atomic E-state index is 12.8. The van der Waals surface area contributed by atoms with Crippen LogP contribution in [0.15, 0.2) is 0 Å². The highest BCUT2D eigenvalue weighted by atomic mass is 16.6. The second kappa shape index (κ2) is 9.05. The maximum absolute atomic E-state index is 12.8. The van der Waals surface area contributed by atoms with Crippen LogP contribution in [-0.2, 0) is 19.1 Å². The molecule has 0 aromatic rings. The summed E-state index contributed by atoms with van der Waals surface area (Å²) < 4.78 is 11.6. The molecular weight excluding hydrogens is 316 g/mol. The lowest BCUT2D eigenvalue weighted by molar-refractivity contribution is -0.171. The average Bonchev–Trinajstić information content (AvgIpc) is 2.63. The lowest BCUT2D eigenvalue weighted by atomic mass is 9.74. The molecule has 0 amide bonds. The van der Waals surface area contributed by atoms with Crippen LogP contribution in [-0.4, -0.2) is 24.1 Å². The molecule has 0 N–H and O–H groups in total. The molecule has 0 heterocycles. The van der Waals surface area contributed by atoms with Crippen molar-refractivity contribution >= 4 is 11.9 Å². The minimum Gasteiger partial charge on any atom is -0.462 e. The van der Waals surface area contributed by atoms with Crippen molar-refractivity contribution in [3.63, 3.8) is 0 Å². The van der Waals surface area contributed by atoms with Crippen LogP contribution in [0.2, 0.25) is 0 Å². The zero-order valence-electron chi connectivity index (χ0n) is 15.7. The van der Waals surface area contributed by atoms with E-state index < -0.39 is 0 Å². The lowest BCUT2D eigenvalue weighted by Crippen LogP contribution is -2.39. The number of carbonyl (C=O) groups is 2. The molecule has 4 nitrogen and oxygen atoms in total. The third-order valence-electron chi connectivity index (χ3n) is 6.39. The van der Waals surface area contributed by atoms with Crippen LogP contribution in [0.1, 0.15) is 90.4 Å². The van der Waals surface area contributed by atoms with E-state index in [0.717, 1.165) is 70.6 Å². The van der Waals surface area contributed by atoms with Crippen LogP contribution < -0.4 is 0 Å². The van der Waals surface area contributed by atoms with E-state index in [2.05, 4.69) is 6.92 Å². The van der Waals surface area contributed by atoms with Gasteiger partial charge in [0.25, 0.3) is 0 Å². The van der Waals surface area contributed by atoms with Gasteiger partial charge in [0.2, 0.25) is 0 Å². The molecule has 0 aliphatic heterocycles. The fourth-order valence-electron chi connectivity index (χ4n) is 4.79. The topological polar surface area (TPSA) is 52.6 Å². The predicted octanol–water partition coefficient (Wildman–Crippen LogP) is 4.79. The molecule has 3 saturated carbocycles. The molecule has 3 fully saturated rings. The Hall–Kier alpha value is -1.06. The monoisotopic (exact) mass is 350 g/mol. The number of hydrogen-bond acceptors (Lipinski definition) is 4. The molecular formula is C21H34O4. The molecule has 3 atom stereocenters. The highest BCUT2D eigenvalue weighted by Gasteiger charge is 2.41. The van der Waals surface area contributed by atoms with E-state index in [0.29, 0.717) is 5.92 Å². The second-order valence-electron chi connectivity index (χ2n) is 8.53. The van der Waals surface area contributed by atoms with Crippen LogP contribution in [0.5, 0.6) is 0 Å². The molecule has 0 bridgehead atoms. The number of rotatable bonds is 4. The number of ether oxygens (including phenoxy) is 2. The third kappa shape index (κ3) is 5.21. The van der Waals surface area contributed by atoms with Crippen LogP contribution in [0.25, 0.3) is 0 Å². The SMILES string of the molecule is CC1CCC(C(=O)OC2CCCCC2)C(C(=O)OC2CCCCC2)C1. The molecule has 0 radical (unpaired) electrons. The Morgan fingerprint density at radius 3 is 1.64 bits per heavy atom. The Morgan fingerprint density at radius 2 is 1.12 bits per heavy atom.